The molecule has 2 unspecified atom stereocenters. The first-order valence-corrected chi connectivity index (χ1v) is 5.06. The monoisotopic (exact) mass is 164 g/mol. The normalized spacial score (nSPS) is 50.5. The maximum absolute atomic E-state index is 11.5. The second-order valence-electron chi connectivity index (χ2n) is 4.73. The highest BCUT2D eigenvalue weighted by Crippen LogP contribution is 2.45. The molecule has 65 valence electrons. The zero-order valence-corrected chi connectivity index (χ0v) is 7.20. The van der Waals surface area contributed by atoms with Gasteiger partial charge in [-0.25, -0.2) is 5.32 Å². The Morgan fingerprint density at radius 2 is 1.67 bits per heavy atom. The standard InChI is InChI=1S/C10H14NO/c12-10-8-2-6-1-7(3-8)5-9(4-6)11-10/h6-9H,1-5H2. The summed E-state index contributed by atoms with van der Waals surface area (Å²) in [5.41, 5.74) is 0. The SMILES string of the molecule is O=C1[N]C2CC3CC(C2)CC1C3. The number of rotatable bonds is 0. The van der Waals surface area contributed by atoms with Crippen molar-refractivity contribution in [1.29, 1.82) is 0 Å². The first-order chi connectivity index (χ1) is 5.81. The predicted octanol–water partition coefficient (Wildman–Crippen LogP) is 1.33. The molecule has 2 aliphatic heterocycles. The van der Waals surface area contributed by atoms with Gasteiger partial charge in [-0.2, -0.15) is 0 Å². The second kappa shape index (κ2) is 2.24. The summed E-state index contributed by atoms with van der Waals surface area (Å²) in [6.07, 6.45) is 6.10. The van der Waals surface area contributed by atoms with Crippen LogP contribution in [0.4, 0.5) is 0 Å². The molecule has 2 saturated heterocycles. The largest absolute Gasteiger partial charge is 0.273 e. The predicted molar refractivity (Wildman–Crippen MR) is 44.5 cm³/mol. The van der Waals surface area contributed by atoms with E-state index in [4.69, 9.17) is 0 Å². The van der Waals surface area contributed by atoms with Gasteiger partial charge in [-0.3, -0.25) is 4.79 Å². The molecule has 4 bridgehead atoms. The van der Waals surface area contributed by atoms with Crippen LogP contribution in [0.5, 0.6) is 0 Å². The molecule has 0 aromatic heterocycles. The zero-order chi connectivity index (χ0) is 8.13. The van der Waals surface area contributed by atoms with Gasteiger partial charge in [-0.1, -0.05) is 0 Å². The molecule has 12 heavy (non-hydrogen) atoms. The summed E-state index contributed by atoms with van der Waals surface area (Å²) in [6.45, 7) is 0. The quantitative estimate of drug-likeness (QED) is 0.531. The zero-order valence-electron chi connectivity index (χ0n) is 7.20. The minimum atomic E-state index is 0.227. The molecule has 0 aromatic carbocycles. The Hall–Kier alpha value is -0.530. The van der Waals surface area contributed by atoms with Crippen LogP contribution in [0, 0.1) is 17.8 Å². The molecule has 2 atom stereocenters. The Bertz CT molecular complexity index is 212. The smallest absolute Gasteiger partial charge is 0.244 e. The van der Waals surface area contributed by atoms with E-state index in [9.17, 15) is 4.79 Å². The van der Waals surface area contributed by atoms with Gasteiger partial charge in [0.2, 0.25) is 5.91 Å². The lowest BCUT2D eigenvalue weighted by Gasteiger charge is -2.36. The number of amides is 1. The maximum Gasteiger partial charge on any atom is 0.244 e. The molecular formula is C10H14NO. The van der Waals surface area contributed by atoms with Crippen LogP contribution in [0.1, 0.15) is 32.1 Å². The Balaban J connectivity index is 1.95. The highest BCUT2D eigenvalue weighted by atomic mass is 16.2. The minimum Gasteiger partial charge on any atom is -0.273 e. The van der Waals surface area contributed by atoms with E-state index in [-0.39, 0.29) is 5.91 Å². The molecule has 1 radical (unpaired) electrons. The first kappa shape index (κ1) is 6.93. The fourth-order valence-electron chi connectivity index (χ4n) is 3.41. The van der Waals surface area contributed by atoms with Crippen molar-refractivity contribution < 1.29 is 4.79 Å². The van der Waals surface area contributed by atoms with Crippen molar-refractivity contribution in [3.05, 3.63) is 0 Å². The summed E-state index contributed by atoms with van der Waals surface area (Å²) in [6, 6.07) is 0.411. The van der Waals surface area contributed by atoms with Crippen LogP contribution in [0.2, 0.25) is 0 Å². The van der Waals surface area contributed by atoms with E-state index in [2.05, 4.69) is 5.32 Å². The minimum absolute atomic E-state index is 0.227. The third kappa shape index (κ3) is 0.900. The fraction of sp³-hybridized carbons (Fsp3) is 0.900. The van der Waals surface area contributed by atoms with Gasteiger partial charge in [0, 0.05) is 5.92 Å². The van der Waals surface area contributed by atoms with Gasteiger partial charge in [-0.05, 0) is 43.9 Å². The van der Waals surface area contributed by atoms with Crippen molar-refractivity contribution in [2.45, 2.75) is 38.1 Å². The van der Waals surface area contributed by atoms with Crippen molar-refractivity contribution >= 4 is 5.91 Å². The Morgan fingerprint density at radius 3 is 2.33 bits per heavy atom. The van der Waals surface area contributed by atoms with Gasteiger partial charge in [0.05, 0.1) is 6.04 Å². The molecule has 4 rings (SSSR count). The van der Waals surface area contributed by atoms with Crippen LogP contribution < -0.4 is 5.32 Å². The molecule has 2 heterocycles. The van der Waals surface area contributed by atoms with Gasteiger partial charge in [0.15, 0.2) is 0 Å². The summed E-state index contributed by atoms with van der Waals surface area (Å²) in [5.74, 6) is 2.22. The molecule has 2 heteroatoms. The average Bonchev–Trinajstić information content (AvgIpc) is 2.16. The molecule has 2 saturated carbocycles. The van der Waals surface area contributed by atoms with Crippen molar-refractivity contribution in [2.75, 3.05) is 0 Å². The lowest BCUT2D eigenvalue weighted by molar-refractivity contribution is -0.125. The summed E-state index contributed by atoms with van der Waals surface area (Å²) in [7, 11) is 0. The number of hydrogen-bond donors (Lipinski definition) is 0. The number of hydrogen-bond acceptors (Lipinski definition) is 1. The van der Waals surface area contributed by atoms with Gasteiger partial charge < -0.3 is 0 Å². The highest BCUT2D eigenvalue weighted by molar-refractivity contribution is 5.79. The van der Waals surface area contributed by atoms with Gasteiger partial charge >= 0.3 is 0 Å². The molecule has 1 amide bonds. The van der Waals surface area contributed by atoms with Crippen molar-refractivity contribution in [1.82, 2.24) is 5.32 Å². The van der Waals surface area contributed by atoms with E-state index in [0.29, 0.717) is 12.0 Å². The summed E-state index contributed by atoms with van der Waals surface area (Å²) in [4.78, 5) is 11.5. The highest BCUT2D eigenvalue weighted by Gasteiger charge is 2.43. The first-order valence-electron chi connectivity index (χ1n) is 5.06. The van der Waals surface area contributed by atoms with Crippen LogP contribution in [0.15, 0.2) is 0 Å². The topological polar surface area (TPSA) is 31.2 Å². The average molecular weight is 164 g/mol. The van der Waals surface area contributed by atoms with Crippen LogP contribution in [-0.4, -0.2) is 11.9 Å². The Kier molecular flexibility index (Phi) is 1.29. The molecule has 4 fully saturated rings. The molecule has 0 aromatic rings. The molecule has 0 spiro atoms. The lowest BCUT2D eigenvalue weighted by atomic mass is 9.68. The van der Waals surface area contributed by atoms with Gasteiger partial charge in [0.1, 0.15) is 0 Å². The Morgan fingerprint density at radius 1 is 1.00 bits per heavy atom. The van der Waals surface area contributed by atoms with E-state index >= 15 is 0 Å². The maximum atomic E-state index is 11.5. The lowest BCUT2D eigenvalue weighted by Crippen LogP contribution is -2.31. The van der Waals surface area contributed by atoms with E-state index in [1.807, 2.05) is 0 Å². The van der Waals surface area contributed by atoms with Crippen LogP contribution in [-0.2, 0) is 4.79 Å². The van der Waals surface area contributed by atoms with Crippen molar-refractivity contribution in [2.24, 2.45) is 17.8 Å². The number of carbonyl (C=O) groups is 1. The number of carbonyl (C=O) groups excluding carboxylic acids is 1. The molecule has 4 aliphatic rings. The van der Waals surface area contributed by atoms with Gasteiger partial charge in [0.25, 0.3) is 0 Å². The molecule has 0 N–H and O–H groups in total. The molecule has 2 nitrogen and oxygen atoms in total. The third-order valence-electron chi connectivity index (χ3n) is 3.77. The van der Waals surface area contributed by atoms with Crippen LogP contribution >= 0.6 is 0 Å². The molecule has 2 aliphatic carbocycles. The van der Waals surface area contributed by atoms with E-state index in [0.717, 1.165) is 24.7 Å². The van der Waals surface area contributed by atoms with Crippen LogP contribution in [0.3, 0.4) is 0 Å². The van der Waals surface area contributed by atoms with E-state index < -0.39 is 0 Å². The fourth-order valence-corrected chi connectivity index (χ4v) is 3.41. The second-order valence-corrected chi connectivity index (χ2v) is 4.73. The third-order valence-corrected chi connectivity index (χ3v) is 3.77. The van der Waals surface area contributed by atoms with E-state index in [1.54, 1.807) is 0 Å². The molecular weight excluding hydrogens is 150 g/mol. The van der Waals surface area contributed by atoms with Crippen molar-refractivity contribution in [3.63, 3.8) is 0 Å². The number of nitrogens with zero attached hydrogens (tertiary/aromatic N) is 1. The van der Waals surface area contributed by atoms with Crippen LogP contribution in [0.25, 0.3) is 0 Å². The summed E-state index contributed by atoms with van der Waals surface area (Å²) < 4.78 is 0. The number of fused-ring (bicyclic) bond motifs is 1. The summed E-state index contributed by atoms with van der Waals surface area (Å²) >= 11 is 0. The van der Waals surface area contributed by atoms with E-state index in [1.165, 1.54) is 19.3 Å². The van der Waals surface area contributed by atoms with Crippen molar-refractivity contribution in [3.8, 4) is 0 Å². The van der Waals surface area contributed by atoms with Gasteiger partial charge in [-0.15, -0.1) is 0 Å². The summed E-state index contributed by atoms with van der Waals surface area (Å²) in [5, 5.41) is 4.28. The Labute approximate surface area is 72.7 Å².